The number of anilines is 2. The van der Waals surface area contributed by atoms with Crippen molar-refractivity contribution in [3.05, 3.63) is 59.7 Å². The molecule has 0 radical (unpaired) electrons. The Labute approximate surface area is 163 Å². The normalized spacial score (nSPS) is 19.0. The molecule has 2 heterocycles. The first kappa shape index (κ1) is 18.2. The third-order valence-corrected chi connectivity index (χ3v) is 5.28. The Hall–Kier alpha value is -3.15. The molecule has 2 aromatic carbocycles. The second kappa shape index (κ2) is 7.46. The number of hydrogen-bond donors (Lipinski definition) is 0. The van der Waals surface area contributed by atoms with Gasteiger partial charge in [-0.15, -0.1) is 0 Å². The van der Waals surface area contributed by atoms with Gasteiger partial charge in [-0.1, -0.05) is 18.2 Å². The van der Waals surface area contributed by atoms with Crippen molar-refractivity contribution >= 4 is 29.2 Å². The van der Waals surface area contributed by atoms with Crippen LogP contribution in [0.1, 0.15) is 35.7 Å². The maximum Gasteiger partial charge on any atom is 0.338 e. The van der Waals surface area contributed by atoms with Crippen LogP contribution in [-0.4, -0.2) is 37.0 Å². The van der Waals surface area contributed by atoms with Crippen molar-refractivity contribution in [3.63, 3.8) is 0 Å². The highest BCUT2D eigenvalue weighted by molar-refractivity contribution is 6.23. The molecule has 0 bridgehead atoms. The Balaban J connectivity index is 1.58. The zero-order chi connectivity index (χ0) is 19.7. The van der Waals surface area contributed by atoms with Gasteiger partial charge in [0.15, 0.2) is 0 Å². The number of esters is 1. The van der Waals surface area contributed by atoms with Crippen molar-refractivity contribution in [1.82, 2.24) is 0 Å². The predicted molar refractivity (Wildman–Crippen MR) is 105 cm³/mol. The third kappa shape index (κ3) is 3.15. The van der Waals surface area contributed by atoms with E-state index in [1.807, 2.05) is 18.2 Å². The van der Waals surface area contributed by atoms with Gasteiger partial charge in [0.1, 0.15) is 6.04 Å². The number of ether oxygens (including phenoxy) is 1. The maximum absolute atomic E-state index is 13.1. The average molecular weight is 378 g/mol. The smallest absolute Gasteiger partial charge is 0.338 e. The SMILES string of the molecule is CCOC(=O)c1ccc(N2C(=O)CC(N3CCCc4ccccc43)C2=O)cc1. The number of rotatable bonds is 4. The van der Waals surface area contributed by atoms with E-state index in [1.165, 1.54) is 10.5 Å². The molecule has 0 aromatic heterocycles. The van der Waals surface area contributed by atoms with Gasteiger partial charge in [0, 0.05) is 12.2 Å². The van der Waals surface area contributed by atoms with E-state index < -0.39 is 12.0 Å². The fraction of sp³-hybridized carbons (Fsp3) is 0.318. The Kier molecular flexibility index (Phi) is 4.86. The van der Waals surface area contributed by atoms with Gasteiger partial charge in [-0.05, 0) is 55.7 Å². The quantitative estimate of drug-likeness (QED) is 0.604. The van der Waals surface area contributed by atoms with Gasteiger partial charge in [0.25, 0.3) is 5.91 Å². The molecular weight excluding hydrogens is 356 g/mol. The first-order valence-electron chi connectivity index (χ1n) is 9.58. The molecule has 2 aliphatic heterocycles. The lowest BCUT2D eigenvalue weighted by Gasteiger charge is -2.34. The van der Waals surface area contributed by atoms with E-state index in [2.05, 4.69) is 11.0 Å². The molecule has 4 rings (SSSR count). The van der Waals surface area contributed by atoms with Gasteiger partial charge in [0.05, 0.1) is 24.3 Å². The second-order valence-corrected chi connectivity index (χ2v) is 6.98. The number of amides is 2. The van der Waals surface area contributed by atoms with Crippen LogP contribution in [0.15, 0.2) is 48.5 Å². The van der Waals surface area contributed by atoms with Crippen LogP contribution >= 0.6 is 0 Å². The van der Waals surface area contributed by atoms with E-state index in [0.717, 1.165) is 25.1 Å². The molecule has 0 N–H and O–H groups in total. The van der Waals surface area contributed by atoms with Crippen LogP contribution in [0.4, 0.5) is 11.4 Å². The Bertz CT molecular complexity index is 922. The zero-order valence-corrected chi connectivity index (χ0v) is 15.8. The Morgan fingerprint density at radius 2 is 1.86 bits per heavy atom. The number of carbonyl (C=O) groups excluding carboxylic acids is 3. The summed E-state index contributed by atoms with van der Waals surface area (Å²) in [6.07, 6.45) is 2.11. The van der Waals surface area contributed by atoms with Gasteiger partial charge >= 0.3 is 5.97 Å². The number of fused-ring (bicyclic) bond motifs is 1. The largest absolute Gasteiger partial charge is 0.462 e. The first-order valence-corrected chi connectivity index (χ1v) is 9.58. The summed E-state index contributed by atoms with van der Waals surface area (Å²) in [4.78, 5) is 40.9. The van der Waals surface area contributed by atoms with Gasteiger partial charge in [-0.3, -0.25) is 9.59 Å². The van der Waals surface area contributed by atoms with Gasteiger partial charge < -0.3 is 9.64 Å². The lowest BCUT2D eigenvalue weighted by molar-refractivity contribution is -0.121. The van der Waals surface area contributed by atoms with E-state index in [9.17, 15) is 14.4 Å². The standard InChI is InChI=1S/C22H22N2O4/c1-2-28-22(27)16-9-11-17(12-10-16)24-20(25)14-19(21(24)26)23-13-5-7-15-6-3-4-8-18(15)23/h3-4,6,8-12,19H,2,5,7,13-14H2,1H3. The molecule has 0 spiro atoms. The van der Waals surface area contributed by atoms with Gasteiger partial charge in [-0.2, -0.15) is 0 Å². The van der Waals surface area contributed by atoms with Gasteiger partial charge in [-0.25, -0.2) is 9.69 Å². The van der Waals surface area contributed by atoms with E-state index >= 15 is 0 Å². The lowest BCUT2D eigenvalue weighted by Crippen LogP contribution is -2.44. The van der Waals surface area contributed by atoms with Crippen LogP contribution in [0.5, 0.6) is 0 Å². The summed E-state index contributed by atoms with van der Waals surface area (Å²) in [6.45, 7) is 2.80. The number of benzene rings is 2. The van der Waals surface area contributed by atoms with E-state index in [1.54, 1.807) is 31.2 Å². The number of nitrogens with zero attached hydrogens (tertiary/aromatic N) is 2. The highest BCUT2D eigenvalue weighted by Crippen LogP contribution is 2.33. The third-order valence-electron chi connectivity index (χ3n) is 5.28. The van der Waals surface area contributed by atoms with E-state index in [0.29, 0.717) is 17.9 Å². The minimum absolute atomic E-state index is 0.160. The molecule has 1 fully saturated rings. The molecule has 6 nitrogen and oxygen atoms in total. The highest BCUT2D eigenvalue weighted by Gasteiger charge is 2.43. The molecule has 144 valence electrons. The van der Waals surface area contributed by atoms with Crippen molar-refractivity contribution in [2.45, 2.75) is 32.2 Å². The molecule has 2 aliphatic rings. The van der Waals surface area contributed by atoms with Crippen molar-refractivity contribution in [2.24, 2.45) is 0 Å². The molecule has 2 aromatic rings. The van der Waals surface area contributed by atoms with Crippen LogP contribution in [0, 0.1) is 0 Å². The number of imide groups is 1. The van der Waals surface area contributed by atoms with Crippen molar-refractivity contribution < 1.29 is 19.1 Å². The highest BCUT2D eigenvalue weighted by atomic mass is 16.5. The summed E-state index contributed by atoms with van der Waals surface area (Å²) >= 11 is 0. The summed E-state index contributed by atoms with van der Waals surface area (Å²) in [5.74, 6) is -0.858. The molecule has 28 heavy (non-hydrogen) atoms. The summed E-state index contributed by atoms with van der Waals surface area (Å²) in [5.41, 5.74) is 3.13. The van der Waals surface area contributed by atoms with Crippen LogP contribution in [0.2, 0.25) is 0 Å². The average Bonchev–Trinajstić information content (AvgIpc) is 3.01. The lowest BCUT2D eigenvalue weighted by atomic mass is 9.99. The number of hydrogen-bond acceptors (Lipinski definition) is 5. The zero-order valence-electron chi connectivity index (χ0n) is 15.8. The van der Waals surface area contributed by atoms with Crippen molar-refractivity contribution in [3.8, 4) is 0 Å². The fourth-order valence-electron chi connectivity index (χ4n) is 3.98. The van der Waals surface area contributed by atoms with Crippen LogP contribution in [0.3, 0.4) is 0 Å². The summed E-state index contributed by atoms with van der Waals surface area (Å²) in [6, 6.07) is 14.0. The maximum atomic E-state index is 13.1. The van der Waals surface area contributed by atoms with Crippen LogP contribution < -0.4 is 9.80 Å². The van der Waals surface area contributed by atoms with Crippen LogP contribution in [-0.2, 0) is 20.7 Å². The first-order chi connectivity index (χ1) is 13.6. The molecule has 1 saturated heterocycles. The van der Waals surface area contributed by atoms with Crippen LogP contribution in [0.25, 0.3) is 0 Å². The van der Waals surface area contributed by atoms with Crippen molar-refractivity contribution in [2.75, 3.05) is 23.0 Å². The summed E-state index contributed by atoms with van der Waals surface area (Å²) in [7, 11) is 0. The molecular formula is C22H22N2O4. The van der Waals surface area contributed by atoms with E-state index in [4.69, 9.17) is 4.74 Å². The molecule has 6 heteroatoms. The predicted octanol–water partition coefficient (Wildman–Crippen LogP) is 2.95. The molecule has 0 saturated carbocycles. The molecule has 2 amide bonds. The molecule has 1 atom stereocenters. The number of para-hydroxylation sites is 1. The molecule has 0 aliphatic carbocycles. The minimum atomic E-state index is -0.487. The Morgan fingerprint density at radius 3 is 2.61 bits per heavy atom. The second-order valence-electron chi connectivity index (χ2n) is 6.98. The topological polar surface area (TPSA) is 66.9 Å². The van der Waals surface area contributed by atoms with E-state index in [-0.39, 0.29) is 18.2 Å². The van der Waals surface area contributed by atoms with Crippen molar-refractivity contribution in [1.29, 1.82) is 0 Å². The number of carbonyl (C=O) groups is 3. The monoisotopic (exact) mass is 378 g/mol. The molecule has 1 unspecified atom stereocenters. The minimum Gasteiger partial charge on any atom is -0.462 e. The Morgan fingerprint density at radius 1 is 1.11 bits per heavy atom. The van der Waals surface area contributed by atoms with Gasteiger partial charge in [0.2, 0.25) is 5.91 Å². The summed E-state index contributed by atoms with van der Waals surface area (Å²) < 4.78 is 4.97. The fourth-order valence-corrected chi connectivity index (χ4v) is 3.98. The summed E-state index contributed by atoms with van der Waals surface area (Å²) in [5, 5.41) is 0. The number of aryl methyl sites for hydroxylation is 1.